The third-order valence-electron chi connectivity index (χ3n) is 2.32. The molecule has 3 nitrogen and oxygen atoms in total. The highest BCUT2D eigenvalue weighted by atomic mass is 79.9. The Kier molecular flexibility index (Phi) is 4.38. The first-order valence-electron chi connectivity index (χ1n) is 5.16. The van der Waals surface area contributed by atoms with E-state index < -0.39 is 0 Å². The molecular weight excluding hydrogens is 362 g/mol. The van der Waals surface area contributed by atoms with Gasteiger partial charge >= 0.3 is 0 Å². The molecule has 0 aliphatic carbocycles. The van der Waals surface area contributed by atoms with Crippen molar-refractivity contribution in [2.75, 3.05) is 5.32 Å². The Hall–Kier alpha value is -1.33. The van der Waals surface area contributed by atoms with Gasteiger partial charge in [0.2, 0.25) is 0 Å². The maximum atomic E-state index is 12.1. The van der Waals surface area contributed by atoms with E-state index in [1.807, 2.05) is 30.3 Å². The van der Waals surface area contributed by atoms with Crippen LogP contribution in [0.2, 0.25) is 0 Å². The van der Waals surface area contributed by atoms with Crippen molar-refractivity contribution in [2.45, 2.75) is 0 Å². The number of carbonyl (C=O) groups is 1. The molecule has 0 aliphatic heterocycles. The minimum Gasteiger partial charge on any atom is -0.416 e. The van der Waals surface area contributed by atoms with Crippen LogP contribution in [-0.4, -0.2) is 5.91 Å². The average molecular weight is 371 g/mol. The van der Waals surface area contributed by atoms with Crippen LogP contribution in [0, 0.1) is 0 Å². The summed E-state index contributed by atoms with van der Waals surface area (Å²) in [6, 6.07) is 14.5. The van der Waals surface area contributed by atoms with E-state index in [1.165, 1.54) is 0 Å². The molecule has 0 aromatic heterocycles. The van der Waals surface area contributed by atoms with Crippen LogP contribution < -0.4 is 9.15 Å². The highest BCUT2D eigenvalue weighted by Crippen LogP contribution is 2.30. The number of carbonyl (C=O) groups excluding carboxylic acids is 1. The third kappa shape index (κ3) is 2.91. The number of hydrogen-bond donors (Lipinski definition) is 1. The Morgan fingerprint density at radius 3 is 2.44 bits per heavy atom. The third-order valence-corrected chi connectivity index (χ3v) is 3.27. The van der Waals surface area contributed by atoms with Crippen molar-refractivity contribution in [1.29, 1.82) is 0 Å². The van der Waals surface area contributed by atoms with Gasteiger partial charge in [-0.25, -0.2) is 0 Å². The molecule has 92 valence electrons. The first-order chi connectivity index (χ1) is 8.72. The molecular formula is C13H9Br2NO2. The van der Waals surface area contributed by atoms with Crippen LogP contribution in [0.1, 0.15) is 10.4 Å². The molecule has 0 heterocycles. The summed E-state index contributed by atoms with van der Waals surface area (Å²) in [5, 5.41) is 2.80. The Morgan fingerprint density at radius 2 is 1.78 bits per heavy atom. The molecule has 5 heteroatoms. The predicted octanol–water partition coefficient (Wildman–Crippen LogP) is 4.39. The lowest BCUT2D eigenvalue weighted by Gasteiger charge is -2.09. The normalized spacial score (nSPS) is 9.89. The SMILES string of the molecule is O=C(Nc1ccccc1)c1cccc(Br)c1OBr. The lowest BCUT2D eigenvalue weighted by Crippen LogP contribution is -2.12. The van der Waals surface area contributed by atoms with E-state index in [4.69, 9.17) is 3.83 Å². The van der Waals surface area contributed by atoms with Crippen molar-refractivity contribution in [3.8, 4) is 5.75 Å². The first kappa shape index (κ1) is 13.1. The first-order valence-corrected chi connectivity index (χ1v) is 6.60. The van der Waals surface area contributed by atoms with E-state index >= 15 is 0 Å². The number of nitrogens with one attached hydrogen (secondary N) is 1. The number of rotatable bonds is 3. The van der Waals surface area contributed by atoms with Gasteiger partial charge in [0.05, 0.1) is 10.0 Å². The highest BCUT2D eigenvalue weighted by Gasteiger charge is 2.15. The minimum absolute atomic E-state index is 0.225. The zero-order valence-electron chi connectivity index (χ0n) is 9.19. The number of halogens is 2. The van der Waals surface area contributed by atoms with E-state index in [1.54, 1.807) is 18.2 Å². The molecule has 2 aromatic rings. The van der Waals surface area contributed by atoms with Gasteiger partial charge in [-0.2, -0.15) is 0 Å². The van der Waals surface area contributed by atoms with Gasteiger partial charge in [-0.15, -0.1) is 0 Å². The van der Waals surface area contributed by atoms with E-state index in [-0.39, 0.29) is 5.91 Å². The lowest BCUT2D eigenvalue weighted by atomic mass is 10.2. The summed E-state index contributed by atoms with van der Waals surface area (Å²) < 4.78 is 5.75. The summed E-state index contributed by atoms with van der Waals surface area (Å²) >= 11 is 6.23. The Labute approximate surface area is 122 Å². The van der Waals surface area contributed by atoms with Crippen LogP contribution in [0.3, 0.4) is 0 Å². The number of anilines is 1. The van der Waals surface area contributed by atoms with Crippen LogP contribution in [0.15, 0.2) is 53.0 Å². The quantitative estimate of drug-likeness (QED) is 0.870. The van der Waals surface area contributed by atoms with E-state index in [0.29, 0.717) is 15.8 Å². The second-order valence-corrected chi connectivity index (χ2v) is 4.69. The Morgan fingerprint density at radius 1 is 1.06 bits per heavy atom. The number of amides is 1. The standard InChI is InChI=1S/C13H9Br2NO2/c14-11-8-4-7-10(12(11)18-15)13(17)16-9-5-2-1-3-6-9/h1-8H,(H,16,17). The largest absolute Gasteiger partial charge is 0.416 e. The van der Waals surface area contributed by atoms with Crippen molar-refractivity contribution >= 4 is 43.8 Å². The molecule has 1 N–H and O–H groups in total. The maximum Gasteiger partial charge on any atom is 0.259 e. The van der Waals surface area contributed by atoms with Crippen LogP contribution in [-0.2, 0) is 0 Å². The van der Waals surface area contributed by atoms with Crippen LogP contribution in [0.4, 0.5) is 5.69 Å². The summed E-state index contributed by atoms with van der Waals surface area (Å²) in [6.45, 7) is 0. The molecule has 0 fully saturated rings. The zero-order chi connectivity index (χ0) is 13.0. The molecule has 0 saturated carbocycles. The van der Waals surface area contributed by atoms with Gasteiger partial charge in [0.1, 0.15) is 0 Å². The molecule has 18 heavy (non-hydrogen) atoms. The average Bonchev–Trinajstić information content (AvgIpc) is 2.39. The van der Waals surface area contributed by atoms with Crippen LogP contribution in [0.5, 0.6) is 5.75 Å². The second-order valence-electron chi connectivity index (χ2n) is 3.51. The molecule has 0 unspecified atom stereocenters. The molecule has 2 rings (SSSR count). The Bertz CT molecular complexity index is 558. The van der Waals surface area contributed by atoms with Crippen LogP contribution >= 0.6 is 32.2 Å². The highest BCUT2D eigenvalue weighted by molar-refractivity contribution is 9.10. The summed E-state index contributed by atoms with van der Waals surface area (Å²) in [4.78, 5) is 12.1. The van der Waals surface area contributed by atoms with Crippen molar-refractivity contribution in [1.82, 2.24) is 0 Å². The molecule has 0 aliphatic rings. The monoisotopic (exact) mass is 369 g/mol. The molecule has 1 amide bonds. The molecule has 2 aromatic carbocycles. The van der Waals surface area contributed by atoms with Gasteiger partial charge in [0, 0.05) is 5.69 Å². The summed E-state index contributed by atoms with van der Waals surface area (Å²) in [5.74, 6) is 0.225. The van der Waals surface area contributed by atoms with Gasteiger partial charge in [0.25, 0.3) is 5.91 Å². The van der Waals surface area contributed by atoms with Gasteiger partial charge < -0.3 is 9.15 Å². The fourth-order valence-corrected chi connectivity index (χ4v) is 2.50. The van der Waals surface area contributed by atoms with Crippen molar-refractivity contribution in [2.24, 2.45) is 0 Å². The zero-order valence-corrected chi connectivity index (χ0v) is 12.4. The molecule has 0 atom stereocenters. The fraction of sp³-hybridized carbons (Fsp3) is 0. The van der Waals surface area contributed by atoms with E-state index in [0.717, 1.165) is 5.69 Å². The molecule has 0 radical (unpaired) electrons. The Balaban J connectivity index is 2.27. The summed E-state index contributed by atoms with van der Waals surface area (Å²) in [5.41, 5.74) is 1.19. The number of benzene rings is 2. The maximum absolute atomic E-state index is 12.1. The topological polar surface area (TPSA) is 38.3 Å². The van der Waals surface area contributed by atoms with Gasteiger partial charge in [-0.3, -0.25) is 4.79 Å². The molecule has 0 bridgehead atoms. The fourth-order valence-electron chi connectivity index (χ4n) is 1.49. The predicted molar refractivity (Wildman–Crippen MR) is 78.1 cm³/mol. The smallest absolute Gasteiger partial charge is 0.259 e. The molecule has 0 saturated heterocycles. The van der Waals surface area contributed by atoms with E-state index in [9.17, 15) is 4.79 Å². The van der Waals surface area contributed by atoms with Crippen molar-refractivity contribution in [3.63, 3.8) is 0 Å². The number of para-hydroxylation sites is 2. The summed E-state index contributed by atoms with van der Waals surface area (Å²) in [6.07, 6.45) is 0. The number of hydrogen-bond acceptors (Lipinski definition) is 2. The van der Waals surface area contributed by atoms with Gasteiger partial charge in [0.15, 0.2) is 22.0 Å². The van der Waals surface area contributed by atoms with E-state index in [2.05, 4.69) is 37.5 Å². The lowest BCUT2D eigenvalue weighted by molar-refractivity contribution is 0.102. The summed E-state index contributed by atoms with van der Waals surface area (Å²) in [7, 11) is 0. The van der Waals surface area contributed by atoms with Crippen molar-refractivity contribution in [3.05, 3.63) is 58.6 Å². The van der Waals surface area contributed by atoms with Gasteiger partial charge in [-0.1, -0.05) is 24.3 Å². The second kappa shape index (κ2) is 6.02. The van der Waals surface area contributed by atoms with Gasteiger partial charge in [-0.05, 0) is 40.2 Å². The molecule has 0 spiro atoms. The minimum atomic E-state index is -0.225. The van der Waals surface area contributed by atoms with Crippen LogP contribution in [0.25, 0.3) is 0 Å². The van der Waals surface area contributed by atoms with Crippen molar-refractivity contribution < 1.29 is 8.62 Å².